The lowest BCUT2D eigenvalue weighted by Crippen LogP contribution is -2.49. The molecule has 2 saturated heterocycles. The largest absolute Gasteiger partial charge is 0.358 e. The van der Waals surface area contributed by atoms with Gasteiger partial charge in [0.15, 0.2) is 0 Å². The first-order valence-electron chi connectivity index (χ1n) is 7.71. The van der Waals surface area contributed by atoms with Crippen molar-refractivity contribution in [3.8, 4) is 0 Å². The van der Waals surface area contributed by atoms with Gasteiger partial charge in [-0.3, -0.25) is 14.7 Å². The highest BCUT2D eigenvalue weighted by Gasteiger charge is 2.52. The van der Waals surface area contributed by atoms with Gasteiger partial charge in [0.1, 0.15) is 6.04 Å². The number of hydrogen-bond donors (Lipinski definition) is 1. The molecule has 2 fully saturated rings. The molecule has 0 spiro atoms. The summed E-state index contributed by atoms with van der Waals surface area (Å²) in [5, 5.41) is 2.58. The van der Waals surface area contributed by atoms with Crippen molar-refractivity contribution in [3.63, 3.8) is 0 Å². The summed E-state index contributed by atoms with van der Waals surface area (Å²) in [6.45, 7) is 2.21. The van der Waals surface area contributed by atoms with E-state index in [4.69, 9.17) is 0 Å². The highest BCUT2D eigenvalue weighted by atomic mass is 32.2. The highest BCUT2D eigenvalue weighted by Crippen LogP contribution is 2.37. The van der Waals surface area contributed by atoms with Crippen molar-refractivity contribution in [2.24, 2.45) is 5.92 Å². The molecule has 0 unspecified atom stereocenters. The molecule has 0 radical (unpaired) electrons. The Morgan fingerprint density at radius 2 is 2.22 bits per heavy atom. The van der Waals surface area contributed by atoms with E-state index in [-0.39, 0.29) is 17.9 Å². The molecule has 1 aromatic heterocycles. The molecular weight excluding hydrogens is 316 g/mol. The second kappa shape index (κ2) is 6.18. The van der Waals surface area contributed by atoms with E-state index < -0.39 is 16.1 Å². The van der Waals surface area contributed by atoms with Gasteiger partial charge < -0.3 is 5.32 Å². The smallest absolute Gasteiger partial charge is 0.238 e. The van der Waals surface area contributed by atoms with Crippen molar-refractivity contribution in [1.82, 2.24) is 19.5 Å². The lowest BCUT2D eigenvalue weighted by Gasteiger charge is -2.27. The Morgan fingerprint density at radius 3 is 2.83 bits per heavy atom. The van der Waals surface area contributed by atoms with Crippen LogP contribution in [0.25, 0.3) is 0 Å². The first-order chi connectivity index (χ1) is 10.9. The Kier molecular flexibility index (Phi) is 4.39. The molecule has 0 saturated carbocycles. The van der Waals surface area contributed by atoms with Crippen LogP contribution in [0.3, 0.4) is 0 Å². The number of rotatable bonds is 4. The van der Waals surface area contributed by atoms with E-state index >= 15 is 0 Å². The van der Waals surface area contributed by atoms with Gasteiger partial charge in [-0.2, -0.15) is 4.31 Å². The lowest BCUT2D eigenvalue weighted by atomic mass is 10.0. The molecule has 3 heterocycles. The van der Waals surface area contributed by atoms with Gasteiger partial charge >= 0.3 is 0 Å². The number of likely N-dealkylation sites (N-methyl/N-ethyl adjacent to an activating group) is 1. The number of nitrogens with one attached hydrogen (secondary N) is 1. The van der Waals surface area contributed by atoms with Crippen molar-refractivity contribution in [1.29, 1.82) is 0 Å². The fourth-order valence-corrected chi connectivity index (χ4v) is 5.20. The third-order valence-electron chi connectivity index (χ3n) is 4.70. The predicted octanol–water partition coefficient (Wildman–Crippen LogP) is -0.338. The van der Waals surface area contributed by atoms with Crippen molar-refractivity contribution < 1.29 is 13.2 Å². The molecule has 0 aromatic carbocycles. The molecule has 3 atom stereocenters. The number of pyridine rings is 1. The number of aromatic nitrogens is 1. The van der Waals surface area contributed by atoms with E-state index in [0.717, 1.165) is 18.7 Å². The molecule has 7 nitrogen and oxygen atoms in total. The summed E-state index contributed by atoms with van der Waals surface area (Å²) in [6, 6.07) is 3.22. The molecule has 0 bridgehead atoms. The summed E-state index contributed by atoms with van der Waals surface area (Å²) in [5.41, 5.74) is 1.11. The molecular formula is C15H22N4O3S. The maximum atomic E-state index is 12.2. The van der Waals surface area contributed by atoms with Crippen LogP contribution in [0.4, 0.5) is 0 Å². The van der Waals surface area contributed by atoms with E-state index in [1.54, 1.807) is 13.2 Å². The summed E-state index contributed by atoms with van der Waals surface area (Å²) in [4.78, 5) is 18.4. The number of fused-ring (bicyclic) bond motifs is 1. The number of carbonyl (C=O) groups excluding carboxylic acids is 1. The molecule has 0 aliphatic carbocycles. The number of hydrogen-bond acceptors (Lipinski definition) is 5. The summed E-state index contributed by atoms with van der Waals surface area (Å²) in [7, 11) is -1.88. The van der Waals surface area contributed by atoms with Crippen LogP contribution in [0, 0.1) is 5.92 Å². The monoisotopic (exact) mass is 338 g/mol. The maximum Gasteiger partial charge on any atom is 0.238 e. The van der Waals surface area contributed by atoms with Crippen molar-refractivity contribution in [3.05, 3.63) is 30.1 Å². The average molecular weight is 338 g/mol. The fourth-order valence-electron chi connectivity index (χ4n) is 3.83. The molecule has 126 valence electrons. The predicted molar refractivity (Wildman–Crippen MR) is 85.9 cm³/mol. The summed E-state index contributed by atoms with van der Waals surface area (Å²) in [6.07, 6.45) is 5.34. The first kappa shape index (κ1) is 16.4. The number of nitrogens with zero attached hydrogens (tertiary/aromatic N) is 3. The normalized spacial score (nSPS) is 28.7. The summed E-state index contributed by atoms with van der Waals surface area (Å²) >= 11 is 0. The molecule has 8 heteroatoms. The molecule has 23 heavy (non-hydrogen) atoms. The van der Waals surface area contributed by atoms with Gasteiger partial charge in [0.05, 0.1) is 6.26 Å². The van der Waals surface area contributed by atoms with Gasteiger partial charge in [0.25, 0.3) is 0 Å². The molecule has 1 amide bonds. The second-order valence-corrected chi connectivity index (χ2v) is 8.23. The maximum absolute atomic E-state index is 12.2. The average Bonchev–Trinajstić information content (AvgIpc) is 3.03. The van der Waals surface area contributed by atoms with Gasteiger partial charge in [-0.1, -0.05) is 6.07 Å². The van der Waals surface area contributed by atoms with Crippen LogP contribution in [-0.4, -0.2) is 67.0 Å². The summed E-state index contributed by atoms with van der Waals surface area (Å²) in [5.74, 6) is -0.0210. The summed E-state index contributed by atoms with van der Waals surface area (Å²) < 4.78 is 25.8. The van der Waals surface area contributed by atoms with E-state index in [2.05, 4.69) is 15.2 Å². The minimum Gasteiger partial charge on any atom is -0.358 e. The first-order valence-corrected chi connectivity index (χ1v) is 9.56. The van der Waals surface area contributed by atoms with Crippen molar-refractivity contribution in [2.45, 2.75) is 25.0 Å². The van der Waals surface area contributed by atoms with Crippen molar-refractivity contribution in [2.75, 3.05) is 26.4 Å². The van der Waals surface area contributed by atoms with Crippen LogP contribution in [0.1, 0.15) is 12.0 Å². The zero-order valence-corrected chi connectivity index (χ0v) is 14.2. The Bertz CT molecular complexity index is 679. The third kappa shape index (κ3) is 3.24. The number of amides is 1. The SMILES string of the molecule is CNC(=O)[C@H]1C[C@@H]2CN(Cc3cccnc3)C[C@@H]2N1S(C)(=O)=O. The fraction of sp³-hybridized carbons (Fsp3) is 0.600. The standard InChI is InChI=1S/C15H22N4O3S/c1-16-15(20)13-6-12-9-18(8-11-4-3-5-17-7-11)10-14(12)19(13)23(2,21)22/h3-5,7,12-14H,6,8-10H2,1-2H3,(H,16,20)/t12-,13-,14+/m1/s1. The van der Waals surface area contributed by atoms with Crippen molar-refractivity contribution >= 4 is 15.9 Å². The lowest BCUT2D eigenvalue weighted by molar-refractivity contribution is -0.124. The quantitative estimate of drug-likeness (QED) is 0.812. The topological polar surface area (TPSA) is 82.6 Å². The van der Waals surface area contributed by atoms with Crippen LogP contribution < -0.4 is 5.32 Å². The van der Waals surface area contributed by atoms with E-state index in [1.807, 2.05) is 18.3 Å². The van der Waals surface area contributed by atoms with Crippen LogP contribution in [0.2, 0.25) is 0 Å². The minimum atomic E-state index is -3.42. The Hall–Kier alpha value is -1.51. The Labute approximate surface area is 136 Å². The molecule has 2 aliphatic rings. The zero-order chi connectivity index (χ0) is 16.6. The van der Waals surface area contributed by atoms with E-state index in [9.17, 15) is 13.2 Å². The third-order valence-corrected chi connectivity index (χ3v) is 5.99. The second-order valence-electron chi connectivity index (χ2n) is 6.34. The van der Waals surface area contributed by atoms with Crippen LogP contribution >= 0.6 is 0 Å². The minimum absolute atomic E-state index is 0.121. The van der Waals surface area contributed by atoms with Gasteiger partial charge in [-0.25, -0.2) is 8.42 Å². The van der Waals surface area contributed by atoms with Gasteiger partial charge in [0, 0.05) is 45.1 Å². The van der Waals surface area contributed by atoms with E-state index in [1.165, 1.54) is 10.6 Å². The zero-order valence-electron chi connectivity index (χ0n) is 13.3. The molecule has 2 aliphatic heterocycles. The number of likely N-dealkylation sites (tertiary alicyclic amines) is 1. The van der Waals surface area contributed by atoms with Gasteiger partial charge in [-0.05, 0) is 24.0 Å². The van der Waals surface area contributed by atoms with Gasteiger partial charge in [-0.15, -0.1) is 0 Å². The van der Waals surface area contributed by atoms with E-state index in [0.29, 0.717) is 13.0 Å². The van der Waals surface area contributed by atoms with Gasteiger partial charge in [0.2, 0.25) is 15.9 Å². The highest BCUT2D eigenvalue weighted by molar-refractivity contribution is 7.88. The Morgan fingerprint density at radius 1 is 1.43 bits per heavy atom. The Balaban J connectivity index is 1.76. The molecule has 1 aromatic rings. The van der Waals surface area contributed by atoms with Crippen LogP contribution in [-0.2, 0) is 21.4 Å². The number of sulfonamides is 1. The molecule has 1 N–H and O–H groups in total. The van der Waals surface area contributed by atoms with Crippen LogP contribution in [0.5, 0.6) is 0 Å². The van der Waals surface area contributed by atoms with Crippen LogP contribution in [0.15, 0.2) is 24.5 Å². The number of carbonyl (C=O) groups is 1. The molecule has 3 rings (SSSR count).